The lowest BCUT2D eigenvalue weighted by molar-refractivity contribution is 0.585. The van der Waals surface area contributed by atoms with Crippen LogP contribution in [0.15, 0.2) is 36.4 Å². The van der Waals surface area contributed by atoms with E-state index in [1.54, 1.807) is 0 Å². The predicted molar refractivity (Wildman–Crippen MR) is 85.3 cm³/mol. The number of thiocarbonyl (C=S) groups is 1. The minimum Gasteiger partial charge on any atom is -0.331 e. The number of halogens is 2. The van der Waals surface area contributed by atoms with Crippen LogP contribution in [0.3, 0.4) is 0 Å². The lowest BCUT2D eigenvalue weighted by Gasteiger charge is -2.15. The van der Waals surface area contributed by atoms with Crippen LogP contribution in [0.1, 0.15) is 11.1 Å². The van der Waals surface area contributed by atoms with Crippen LogP contribution in [0, 0.1) is 25.5 Å². The summed E-state index contributed by atoms with van der Waals surface area (Å²) in [6, 6.07) is 9.07. The highest BCUT2D eigenvalue weighted by Crippen LogP contribution is 2.18. The molecule has 0 saturated heterocycles. The van der Waals surface area contributed by atoms with E-state index in [4.69, 9.17) is 12.2 Å². The molecule has 2 aromatic carbocycles. The third kappa shape index (κ3) is 3.88. The second-order valence-electron chi connectivity index (χ2n) is 4.58. The molecular formula is C15H15F2N3S. The Kier molecular flexibility index (Phi) is 4.70. The van der Waals surface area contributed by atoms with Gasteiger partial charge < -0.3 is 5.32 Å². The van der Waals surface area contributed by atoms with Gasteiger partial charge in [-0.1, -0.05) is 12.1 Å². The van der Waals surface area contributed by atoms with Crippen molar-refractivity contribution >= 4 is 28.7 Å². The summed E-state index contributed by atoms with van der Waals surface area (Å²) in [6.45, 7) is 3.98. The zero-order valence-corrected chi connectivity index (χ0v) is 12.4. The van der Waals surface area contributed by atoms with Crippen LogP contribution in [0.4, 0.5) is 20.2 Å². The van der Waals surface area contributed by atoms with E-state index >= 15 is 0 Å². The first-order valence-corrected chi connectivity index (χ1v) is 6.72. The van der Waals surface area contributed by atoms with Crippen LogP contribution < -0.4 is 16.2 Å². The van der Waals surface area contributed by atoms with E-state index in [0.717, 1.165) is 28.9 Å². The van der Waals surface area contributed by atoms with E-state index in [-0.39, 0.29) is 10.8 Å². The number of rotatable bonds is 3. The van der Waals surface area contributed by atoms with Gasteiger partial charge in [0, 0.05) is 11.8 Å². The van der Waals surface area contributed by atoms with Gasteiger partial charge in [0.2, 0.25) is 0 Å². The fourth-order valence-corrected chi connectivity index (χ4v) is 1.92. The first-order valence-electron chi connectivity index (χ1n) is 6.31. The molecule has 0 unspecified atom stereocenters. The van der Waals surface area contributed by atoms with Crippen LogP contribution in [0.5, 0.6) is 0 Å². The number of hydrogen-bond donors (Lipinski definition) is 3. The number of anilines is 2. The zero-order chi connectivity index (χ0) is 15.4. The molecule has 3 N–H and O–H groups in total. The molecule has 0 bridgehead atoms. The summed E-state index contributed by atoms with van der Waals surface area (Å²) < 4.78 is 26.2. The Labute approximate surface area is 127 Å². The standard InChI is InChI=1S/C15H15F2N3S/c1-9-4-3-5-13(10(9)2)18-15(21)20-19-14-7-6-11(16)8-12(14)17/h3-8,19H,1-2H3,(H2,18,20,21). The minimum absolute atomic E-state index is 0.113. The van der Waals surface area contributed by atoms with Crippen molar-refractivity contribution in [2.24, 2.45) is 0 Å². The minimum atomic E-state index is -0.697. The van der Waals surface area contributed by atoms with E-state index < -0.39 is 11.6 Å². The maximum Gasteiger partial charge on any atom is 0.189 e. The van der Waals surface area contributed by atoms with E-state index in [1.165, 1.54) is 6.07 Å². The molecule has 2 aromatic rings. The maximum atomic E-state index is 13.4. The first-order chi connectivity index (χ1) is 9.97. The average Bonchev–Trinajstić information content (AvgIpc) is 2.43. The highest BCUT2D eigenvalue weighted by atomic mass is 32.1. The number of nitrogens with one attached hydrogen (secondary N) is 3. The molecule has 6 heteroatoms. The van der Waals surface area contributed by atoms with Gasteiger partial charge >= 0.3 is 0 Å². The third-order valence-electron chi connectivity index (χ3n) is 3.09. The molecule has 2 rings (SSSR count). The molecule has 0 heterocycles. The van der Waals surface area contributed by atoms with Crippen LogP contribution in [0.25, 0.3) is 0 Å². The van der Waals surface area contributed by atoms with E-state index in [1.807, 2.05) is 32.0 Å². The third-order valence-corrected chi connectivity index (χ3v) is 3.30. The Morgan fingerprint density at radius 2 is 1.81 bits per heavy atom. The molecule has 0 spiro atoms. The van der Waals surface area contributed by atoms with Gasteiger partial charge in [-0.2, -0.15) is 0 Å². The summed E-state index contributed by atoms with van der Waals surface area (Å²) in [5.74, 6) is -1.33. The van der Waals surface area contributed by atoms with Crippen molar-refractivity contribution in [2.75, 3.05) is 10.7 Å². The van der Waals surface area contributed by atoms with Gasteiger partial charge in [0.1, 0.15) is 5.82 Å². The smallest absolute Gasteiger partial charge is 0.189 e. The molecule has 0 aromatic heterocycles. The summed E-state index contributed by atoms with van der Waals surface area (Å²) in [5, 5.41) is 3.30. The van der Waals surface area contributed by atoms with E-state index in [0.29, 0.717) is 0 Å². The largest absolute Gasteiger partial charge is 0.331 e. The van der Waals surface area contributed by atoms with Crippen molar-refractivity contribution in [3.05, 3.63) is 59.2 Å². The van der Waals surface area contributed by atoms with Crippen molar-refractivity contribution in [3.63, 3.8) is 0 Å². The summed E-state index contributed by atoms with van der Waals surface area (Å²) in [4.78, 5) is 0. The summed E-state index contributed by atoms with van der Waals surface area (Å²) in [6.07, 6.45) is 0. The van der Waals surface area contributed by atoms with Crippen molar-refractivity contribution < 1.29 is 8.78 Å². The summed E-state index contributed by atoms with van der Waals surface area (Å²) >= 11 is 5.13. The maximum absolute atomic E-state index is 13.4. The quantitative estimate of drug-likeness (QED) is 0.594. The van der Waals surface area contributed by atoms with Crippen LogP contribution in [-0.4, -0.2) is 5.11 Å². The van der Waals surface area contributed by atoms with Gasteiger partial charge in [-0.3, -0.25) is 10.9 Å². The topological polar surface area (TPSA) is 36.1 Å². The normalized spacial score (nSPS) is 10.1. The highest BCUT2D eigenvalue weighted by Gasteiger charge is 2.05. The molecule has 0 saturated carbocycles. The molecule has 0 atom stereocenters. The monoisotopic (exact) mass is 307 g/mol. The number of hydrazine groups is 1. The van der Waals surface area contributed by atoms with Crippen LogP contribution in [0.2, 0.25) is 0 Å². The summed E-state index contributed by atoms with van der Waals surface area (Å²) in [5.41, 5.74) is 8.46. The molecule has 3 nitrogen and oxygen atoms in total. The van der Waals surface area contributed by atoms with E-state index in [9.17, 15) is 8.78 Å². The van der Waals surface area contributed by atoms with E-state index in [2.05, 4.69) is 16.2 Å². The molecular weight excluding hydrogens is 292 g/mol. The Bertz CT molecular complexity index is 674. The molecule has 0 aliphatic heterocycles. The lowest BCUT2D eigenvalue weighted by atomic mass is 10.1. The molecule has 0 radical (unpaired) electrons. The Morgan fingerprint density at radius 3 is 2.52 bits per heavy atom. The number of hydrogen-bond acceptors (Lipinski definition) is 2. The fourth-order valence-electron chi connectivity index (χ4n) is 1.76. The number of benzene rings is 2. The predicted octanol–water partition coefficient (Wildman–Crippen LogP) is 3.90. The van der Waals surface area contributed by atoms with Gasteiger partial charge in [-0.15, -0.1) is 0 Å². The van der Waals surface area contributed by atoms with Gasteiger partial charge in [-0.05, 0) is 55.4 Å². The van der Waals surface area contributed by atoms with Gasteiger partial charge in [0.05, 0.1) is 5.69 Å². The van der Waals surface area contributed by atoms with Crippen molar-refractivity contribution in [3.8, 4) is 0 Å². The number of aryl methyl sites for hydroxylation is 1. The fraction of sp³-hybridized carbons (Fsp3) is 0.133. The highest BCUT2D eigenvalue weighted by molar-refractivity contribution is 7.80. The summed E-state index contributed by atoms with van der Waals surface area (Å²) in [7, 11) is 0. The van der Waals surface area contributed by atoms with Crippen molar-refractivity contribution in [1.82, 2.24) is 5.43 Å². The van der Waals surface area contributed by atoms with Crippen LogP contribution >= 0.6 is 12.2 Å². The Morgan fingerprint density at radius 1 is 1.05 bits per heavy atom. The molecule has 0 aliphatic rings. The first kappa shape index (κ1) is 15.2. The van der Waals surface area contributed by atoms with Crippen LogP contribution in [-0.2, 0) is 0 Å². The Hall–Kier alpha value is -2.21. The van der Waals surface area contributed by atoms with Gasteiger partial charge in [-0.25, -0.2) is 8.78 Å². The van der Waals surface area contributed by atoms with Gasteiger partial charge in [0.25, 0.3) is 0 Å². The second kappa shape index (κ2) is 6.49. The second-order valence-corrected chi connectivity index (χ2v) is 4.98. The van der Waals surface area contributed by atoms with Gasteiger partial charge in [0.15, 0.2) is 10.9 Å². The molecule has 0 aliphatic carbocycles. The van der Waals surface area contributed by atoms with Crippen molar-refractivity contribution in [2.45, 2.75) is 13.8 Å². The lowest BCUT2D eigenvalue weighted by Crippen LogP contribution is -2.33. The SMILES string of the molecule is Cc1cccc(NC(=S)NNc2ccc(F)cc2F)c1C. The molecule has 0 amide bonds. The average molecular weight is 307 g/mol. The molecule has 21 heavy (non-hydrogen) atoms. The Balaban J connectivity index is 1.97. The zero-order valence-electron chi connectivity index (χ0n) is 11.6. The molecule has 0 fully saturated rings. The molecule has 110 valence electrons. The van der Waals surface area contributed by atoms with Crippen molar-refractivity contribution in [1.29, 1.82) is 0 Å².